The first kappa shape index (κ1) is 15.9. The lowest BCUT2D eigenvalue weighted by molar-refractivity contribution is 0.269. The number of halogens is 2. The predicted octanol–water partition coefficient (Wildman–Crippen LogP) is 1.15. The Kier molecular flexibility index (Phi) is 4.94. The van der Waals surface area contributed by atoms with Crippen molar-refractivity contribution in [2.75, 3.05) is 6.61 Å². The maximum absolute atomic E-state index is 13.0. The molecule has 0 unspecified atom stereocenters. The zero-order valence-corrected chi connectivity index (χ0v) is 12.4. The summed E-state index contributed by atoms with van der Waals surface area (Å²) in [5.41, 5.74) is 0.535. The lowest BCUT2D eigenvalue weighted by Gasteiger charge is -2.05. The monoisotopic (exact) mass is 333 g/mol. The van der Waals surface area contributed by atoms with Gasteiger partial charge in [-0.2, -0.15) is 5.10 Å². The van der Waals surface area contributed by atoms with E-state index in [4.69, 9.17) is 16.7 Å². The summed E-state index contributed by atoms with van der Waals surface area (Å²) in [5, 5.41) is 12.5. The van der Waals surface area contributed by atoms with Gasteiger partial charge in [0.25, 0.3) is 0 Å². The van der Waals surface area contributed by atoms with Gasteiger partial charge in [0.15, 0.2) is 0 Å². The number of aliphatic hydroxyl groups is 1. The quantitative estimate of drug-likeness (QED) is 0.830. The van der Waals surface area contributed by atoms with Gasteiger partial charge in [-0.3, -0.25) is 4.68 Å². The number of hydrogen-bond acceptors (Lipinski definition) is 4. The van der Waals surface area contributed by atoms with Crippen molar-refractivity contribution in [3.8, 4) is 0 Å². The summed E-state index contributed by atoms with van der Waals surface area (Å²) in [6.45, 7) is 0.0548. The summed E-state index contributed by atoms with van der Waals surface area (Å²) in [6.07, 6.45) is 2.51. The van der Waals surface area contributed by atoms with E-state index in [1.54, 1.807) is 0 Å². The van der Waals surface area contributed by atoms with Crippen molar-refractivity contribution in [3.63, 3.8) is 0 Å². The molecule has 114 valence electrons. The normalized spacial score (nSPS) is 11.8. The molecule has 21 heavy (non-hydrogen) atoms. The number of rotatable bonds is 6. The molecule has 0 saturated heterocycles. The minimum atomic E-state index is -3.73. The van der Waals surface area contributed by atoms with Crippen LogP contribution in [0, 0.1) is 5.82 Å². The van der Waals surface area contributed by atoms with E-state index in [2.05, 4.69) is 9.82 Å². The van der Waals surface area contributed by atoms with E-state index in [9.17, 15) is 12.8 Å². The zero-order valence-electron chi connectivity index (χ0n) is 10.8. The van der Waals surface area contributed by atoms with Gasteiger partial charge in [-0.05, 0) is 17.7 Å². The van der Waals surface area contributed by atoms with Crippen molar-refractivity contribution in [1.82, 2.24) is 14.5 Å². The van der Waals surface area contributed by atoms with Crippen LogP contribution < -0.4 is 4.72 Å². The summed E-state index contributed by atoms with van der Waals surface area (Å²) in [6, 6.07) is 3.97. The lowest BCUT2D eigenvalue weighted by atomic mass is 10.2. The van der Waals surface area contributed by atoms with E-state index in [1.165, 1.54) is 35.3 Å². The highest BCUT2D eigenvalue weighted by Gasteiger charge is 2.16. The topological polar surface area (TPSA) is 84.2 Å². The maximum Gasteiger partial charge on any atom is 0.243 e. The molecule has 6 nitrogen and oxygen atoms in total. The smallest absolute Gasteiger partial charge is 0.243 e. The molecule has 0 bridgehead atoms. The molecule has 0 spiro atoms. The van der Waals surface area contributed by atoms with Crippen LogP contribution in [-0.4, -0.2) is 29.9 Å². The van der Waals surface area contributed by atoms with Crippen LogP contribution in [0.3, 0.4) is 0 Å². The Morgan fingerprint density at radius 1 is 1.43 bits per heavy atom. The Bertz CT molecular complexity index is 733. The Labute approximate surface area is 126 Å². The van der Waals surface area contributed by atoms with E-state index in [0.29, 0.717) is 5.56 Å². The van der Waals surface area contributed by atoms with Crippen molar-refractivity contribution in [2.24, 2.45) is 0 Å². The molecule has 0 atom stereocenters. The van der Waals surface area contributed by atoms with Crippen LogP contribution in [0.15, 0.2) is 35.5 Å². The number of sulfonamides is 1. The average molecular weight is 334 g/mol. The first-order valence-electron chi connectivity index (χ1n) is 5.99. The van der Waals surface area contributed by atoms with Crippen LogP contribution in [0.5, 0.6) is 0 Å². The summed E-state index contributed by atoms with van der Waals surface area (Å²) in [4.78, 5) is -0.0100. The van der Waals surface area contributed by atoms with Crippen molar-refractivity contribution in [1.29, 1.82) is 0 Å². The van der Waals surface area contributed by atoms with Crippen LogP contribution >= 0.6 is 11.6 Å². The Morgan fingerprint density at radius 3 is 2.86 bits per heavy atom. The molecule has 0 aliphatic rings. The summed E-state index contributed by atoms with van der Waals surface area (Å²) < 4.78 is 40.8. The van der Waals surface area contributed by atoms with E-state index < -0.39 is 15.8 Å². The molecule has 0 aliphatic carbocycles. The highest BCUT2D eigenvalue weighted by Crippen LogP contribution is 2.16. The van der Waals surface area contributed by atoms with E-state index in [1.807, 2.05) is 0 Å². The van der Waals surface area contributed by atoms with E-state index >= 15 is 0 Å². The highest BCUT2D eigenvalue weighted by molar-refractivity contribution is 7.89. The molecule has 2 N–H and O–H groups in total. The van der Waals surface area contributed by atoms with Gasteiger partial charge in [0.05, 0.1) is 24.4 Å². The summed E-state index contributed by atoms with van der Waals surface area (Å²) in [7, 11) is -3.73. The van der Waals surface area contributed by atoms with E-state index in [0.717, 1.165) is 0 Å². The second-order valence-corrected chi connectivity index (χ2v) is 6.41. The van der Waals surface area contributed by atoms with Crippen LogP contribution in [-0.2, 0) is 23.1 Å². The Morgan fingerprint density at radius 2 is 2.19 bits per heavy atom. The fourth-order valence-corrected chi connectivity index (χ4v) is 2.79. The largest absolute Gasteiger partial charge is 0.394 e. The third kappa shape index (κ3) is 4.01. The van der Waals surface area contributed by atoms with Gasteiger partial charge < -0.3 is 5.11 Å². The lowest BCUT2D eigenvalue weighted by Crippen LogP contribution is -2.23. The van der Waals surface area contributed by atoms with Gasteiger partial charge in [0, 0.05) is 12.7 Å². The van der Waals surface area contributed by atoms with E-state index in [-0.39, 0.29) is 29.6 Å². The minimum absolute atomic E-state index is 0.0100. The summed E-state index contributed by atoms with van der Waals surface area (Å²) >= 11 is 5.63. The van der Waals surface area contributed by atoms with Crippen LogP contribution in [0.1, 0.15) is 5.56 Å². The Hall–Kier alpha value is -1.48. The number of nitrogens with zero attached hydrogens (tertiary/aromatic N) is 2. The molecule has 1 aromatic heterocycles. The molecular formula is C12H13ClFN3O3S. The number of aromatic nitrogens is 2. The molecule has 9 heteroatoms. The van der Waals surface area contributed by atoms with Crippen LogP contribution in [0.25, 0.3) is 0 Å². The zero-order chi connectivity index (χ0) is 15.5. The van der Waals surface area contributed by atoms with Gasteiger partial charge in [0.1, 0.15) is 10.7 Å². The first-order valence-corrected chi connectivity index (χ1v) is 7.85. The van der Waals surface area contributed by atoms with Crippen molar-refractivity contribution in [3.05, 3.63) is 47.0 Å². The third-order valence-electron chi connectivity index (χ3n) is 2.70. The number of nitrogens with one attached hydrogen (secondary N) is 1. The minimum Gasteiger partial charge on any atom is -0.394 e. The molecule has 0 aliphatic heterocycles. The predicted molar refractivity (Wildman–Crippen MR) is 74.7 cm³/mol. The summed E-state index contributed by atoms with van der Waals surface area (Å²) in [5.74, 6) is -0.562. The fraction of sp³-hybridized carbons (Fsp3) is 0.250. The second-order valence-electron chi connectivity index (χ2n) is 4.24. The van der Waals surface area contributed by atoms with Gasteiger partial charge in [0.2, 0.25) is 10.0 Å². The van der Waals surface area contributed by atoms with Gasteiger partial charge >= 0.3 is 0 Å². The SMILES string of the molecule is O=S(=O)(NCc1ccc(F)c(Cl)c1)c1cnn(CCO)c1. The molecule has 0 fully saturated rings. The number of benzene rings is 1. The Balaban J connectivity index is 2.08. The molecular weight excluding hydrogens is 321 g/mol. The van der Waals surface area contributed by atoms with Gasteiger partial charge in [-0.15, -0.1) is 0 Å². The third-order valence-corrected chi connectivity index (χ3v) is 4.34. The molecule has 2 aromatic rings. The van der Waals surface area contributed by atoms with Crippen molar-refractivity contribution in [2.45, 2.75) is 18.0 Å². The molecule has 0 amide bonds. The molecule has 1 aromatic carbocycles. The standard InChI is InChI=1S/C12H13ClFN3O3S/c13-11-5-9(1-2-12(11)14)6-16-21(19,20)10-7-15-17(8-10)3-4-18/h1-2,5,7-8,16,18H,3-4,6H2. The first-order chi connectivity index (χ1) is 9.92. The molecule has 2 rings (SSSR count). The molecule has 0 saturated carbocycles. The average Bonchev–Trinajstić information content (AvgIpc) is 2.90. The fourth-order valence-electron chi connectivity index (χ4n) is 1.62. The highest BCUT2D eigenvalue weighted by atomic mass is 35.5. The second kappa shape index (κ2) is 6.52. The number of aliphatic hydroxyl groups excluding tert-OH is 1. The van der Waals surface area contributed by atoms with Crippen LogP contribution in [0.2, 0.25) is 5.02 Å². The van der Waals surface area contributed by atoms with Crippen molar-refractivity contribution >= 4 is 21.6 Å². The van der Waals surface area contributed by atoms with Gasteiger partial charge in [-0.25, -0.2) is 17.5 Å². The van der Waals surface area contributed by atoms with Crippen molar-refractivity contribution < 1.29 is 17.9 Å². The van der Waals surface area contributed by atoms with Gasteiger partial charge in [-0.1, -0.05) is 17.7 Å². The maximum atomic E-state index is 13.0. The van der Waals surface area contributed by atoms with Crippen LogP contribution in [0.4, 0.5) is 4.39 Å². The number of hydrogen-bond donors (Lipinski definition) is 2. The molecule has 1 heterocycles. The molecule has 0 radical (unpaired) electrons.